The minimum atomic E-state index is -1.50. The number of amides is 2. The van der Waals surface area contributed by atoms with Gasteiger partial charge in [-0.25, -0.2) is 4.39 Å². The number of carbonyl (C=O) groups is 2. The maximum Gasteiger partial charge on any atom is 0.255 e. The first-order chi connectivity index (χ1) is 12.5. The van der Waals surface area contributed by atoms with E-state index in [1.54, 1.807) is 24.3 Å². The van der Waals surface area contributed by atoms with Crippen LogP contribution >= 0.6 is 0 Å². The lowest BCUT2D eigenvalue weighted by atomic mass is 9.97. The van der Waals surface area contributed by atoms with Crippen molar-refractivity contribution in [2.75, 3.05) is 13.7 Å². The highest BCUT2D eigenvalue weighted by Gasteiger charge is 2.41. The Kier molecular flexibility index (Phi) is 4.97. The second-order valence-corrected chi connectivity index (χ2v) is 6.29. The quantitative estimate of drug-likeness (QED) is 0.826. The molecule has 1 aliphatic rings. The summed E-state index contributed by atoms with van der Waals surface area (Å²) in [5, 5.41) is 4.15. The largest absolute Gasteiger partial charge is 0.496 e. The monoisotopic (exact) mass is 360 g/mol. The van der Waals surface area contributed by atoms with Gasteiger partial charge >= 0.3 is 0 Å². The van der Waals surface area contributed by atoms with Crippen LogP contribution in [0.1, 0.15) is 23.7 Å². The van der Waals surface area contributed by atoms with E-state index >= 15 is 0 Å². The Labute approximate surface area is 150 Å². The number of rotatable bonds is 6. The van der Waals surface area contributed by atoms with Crippen LogP contribution in [0.5, 0.6) is 11.5 Å². The lowest BCUT2D eigenvalue weighted by molar-refractivity contribution is -0.123. The van der Waals surface area contributed by atoms with Crippen LogP contribution in [0.4, 0.5) is 4.39 Å². The van der Waals surface area contributed by atoms with Gasteiger partial charge in [-0.3, -0.25) is 9.59 Å². The molecule has 0 spiro atoms. The molecule has 2 amide bonds. The van der Waals surface area contributed by atoms with Gasteiger partial charge in [0.2, 0.25) is 0 Å². The minimum Gasteiger partial charge on any atom is -0.496 e. The molecule has 3 N–H and O–H groups in total. The van der Waals surface area contributed by atoms with Gasteiger partial charge in [0.05, 0.1) is 18.7 Å². The van der Waals surface area contributed by atoms with Crippen LogP contribution in [-0.4, -0.2) is 37.7 Å². The summed E-state index contributed by atoms with van der Waals surface area (Å²) >= 11 is 0. The summed E-state index contributed by atoms with van der Waals surface area (Å²) in [5.41, 5.74) is 5.68. The van der Waals surface area contributed by atoms with Gasteiger partial charge in [0.1, 0.15) is 18.1 Å². The molecule has 2 unspecified atom stereocenters. The van der Waals surface area contributed by atoms with E-state index in [2.05, 4.69) is 5.32 Å². The Balaban J connectivity index is 1.89. The molecule has 0 aromatic heterocycles. The van der Waals surface area contributed by atoms with Gasteiger partial charge < -0.3 is 20.5 Å². The molecule has 0 aliphatic carbocycles. The second-order valence-electron chi connectivity index (χ2n) is 6.29. The number of benzene rings is 2. The maximum absolute atomic E-state index is 13.9. The van der Waals surface area contributed by atoms with Gasteiger partial charge in [0.25, 0.3) is 11.8 Å². The van der Waals surface area contributed by atoms with Gasteiger partial charge in [-0.1, -0.05) is 19.1 Å². The molecule has 0 saturated carbocycles. The van der Waals surface area contributed by atoms with Crippen molar-refractivity contribution in [3.05, 3.63) is 35.9 Å². The molecule has 138 valence electrons. The highest BCUT2D eigenvalue weighted by atomic mass is 19.1. The van der Waals surface area contributed by atoms with Crippen LogP contribution in [0, 0.1) is 5.92 Å². The zero-order chi connectivity index (χ0) is 18.8. The summed E-state index contributed by atoms with van der Waals surface area (Å²) in [6.45, 7) is 2.00. The van der Waals surface area contributed by atoms with E-state index in [0.29, 0.717) is 17.9 Å². The summed E-state index contributed by atoms with van der Waals surface area (Å²) in [7, 11) is 1.46. The highest BCUT2D eigenvalue weighted by molar-refractivity contribution is 6.02. The molecule has 3 rings (SSSR count). The number of halogens is 1. The van der Waals surface area contributed by atoms with E-state index < -0.39 is 23.9 Å². The van der Waals surface area contributed by atoms with Gasteiger partial charge in [0, 0.05) is 11.3 Å². The number of alkyl halides is 1. The smallest absolute Gasteiger partial charge is 0.255 e. The van der Waals surface area contributed by atoms with Crippen molar-refractivity contribution in [1.82, 2.24) is 5.32 Å². The zero-order valence-electron chi connectivity index (χ0n) is 14.6. The SMILES string of the molecule is CC[C@H]1C(COc2cccc3cc(C(N)=O)c(OC)cc23)NC(=O)C1F. The number of ether oxygens (including phenoxy) is 2. The molecule has 2 aromatic rings. The number of hydrogen-bond acceptors (Lipinski definition) is 4. The van der Waals surface area contributed by atoms with E-state index in [0.717, 1.165) is 10.8 Å². The van der Waals surface area contributed by atoms with Crippen molar-refractivity contribution in [2.24, 2.45) is 11.7 Å². The zero-order valence-corrected chi connectivity index (χ0v) is 14.6. The number of fused-ring (bicyclic) bond motifs is 1. The first kappa shape index (κ1) is 18.0. The summed E-state index contributed by atoms with van der Waals surface area (Å²) in [5.74, 6) is -0.665. The molecular formula is C19H21FN2O4. The lowest BCUT2D eigenvalue weighted by Crippen LogP contribution is -2.34. The van der Waals surface area contributed by atoms with Crippen molar-refractivity contribution in [1.29, 1.82) is 0 Å². The van der Waals surface area contributed by atoms with Crippen molar-refractivity contribution in [3.8, 4) is 11.5 Å². The third-order valence-corrected chi connectivity index (χ3v) is 4.79. The van der Waals surface area contributed by atoms with Gasteiger partial charge in [-0.15, -0.1) is 0 Å². The number of hydrogen-bond donors (Lipinski definition) is 2. The number of nitrogens with one attached hydrogen (secondary N) is 1. The highest BCUT2D eigenvalue weighted by Crippen LogP contribution is 2.33. The van der Waals surface area contributed by atoms with E-state index in [9.17, 15) is 14.0 Å². The Morgan fingerprint density at radius 1 is 1.31 bits per heavy atom. The predicted octanol–water partition coefficient (Wildman–Crippen LogP) is 2.19. The molecule has 1 fully saturated rings. The number of primary amides is 1. The van der Waals surface area contributed by atoms with Crippen LogP contribution in [-0.2, 0) is 4.79 Å². The van der Waals surface area contributed by atoms with Crippen LogP contribution in [0.25, 0.3) is 10.8 Å². The average Bonchev–Trinajstić information content (AvgIpc) is 2.91. The first-order valence-electron chi connectivity index (χ1n) is 8.44. The van der Waals surface area contributed by atoms with E-state index in [1.807, 2.05) is 13.0 Å². The molecular weight excluding hydrogens is 339 g/mol. The lowest BCUT2D eigenvalue weighted by Gasteiger charge is -2.19. The fourth-order valence-electron chi connectivity index (χ4n) is 3.37. The summed E-state index contributed by atoms with van der Waals surface area (Å²) < 4.78 is 25.0. The van der Waals surface area contributed by atoms with E-state index in [1.165, 1.54) is 7.11 Å². The fraction of sp³-hybridized carbons (Fsp3) is 0.368. The normalized spacial score (nSPS) is 22.3. The third-order valence-electron chi connectivity index (χ3n) is 4.79. The summed E-state index contributed by atoms with van der Waals surface area (Å²) in [4.78, 5) is 23.1. The first-order valence-corrected chi connectivity index (χ1v) is 8.44. The Morgan fingerprint density at radius 3 is 2.73 bits per heavy atom. The van der Waals surface area contributed by atoms with Crippen molar-refractivity contribution in [2.45, 2.75) is 25.6 Å². The minimum absolute atomic E-state index is 0.156. The van der Waals surface area contributed by atoms with Crippen LogP contribution in [0.2, 0.25) is 0 Å². The number of nitrogens with two attached hydrogens (primary N) is 1. The second kappa shape index (κ2) is 7.19. The van der Waals surface area contributed by atoms with Crippen molar-refractivity contribution < 1.29 is 23.5 Å². The summed E-state index contributed by atoms with van der Waals surface area (Å²) in [6.07, 6.45) is -0.960. The molecule has 3 atom stereocenters. The van der Waals surface area contributed by atoms with Crippen molar-refractivity contribution in [3.63, 3.8) is 0 Å². The number of carbonyl (C=O) groups excluding carboxylic acids is 2. The van der Waals surface area contributed by atoms with Crippen LogP contribution in [0.15, 0.2) is 30.3 Å². The van der Waals surface area contributed by atoms with Gasteiger partial charge in [0.15, 0.2) is 6.17 Å². The Morgan fingerprint density at radius 2 is 2.08 bits per heavy atom. The van der Waals surface area contributed by atoms with Gasteiger partial charge in [-0.05, 0) is 30.0 Å². The van der Waals surface area contributed by atoms with E-state index in [4.69, 9.17) is 15.2 Å². The van der Waals surface area contributed by atoms with Gasteiger partial charge in [-0.2, -0.15) is 0 Å². The third kappa shape index (κ3) is 3.16. The molecule has 1 heterocycles. The molecule has 0 radical (unpaired) electrons. The number of methoxy groups -OCH3 is 1. The molecule has 26 heavy (non-hydrogen) atoms. The molecule has 0 bridgehead atoms. The molecule has 7 heteroatoms. The molecule has 6 nitrogen and oxygen atoms in total. The topological polar surface area (TPSA) is 90.7 Å². The molecule has 1 saturated heterocycles. The van der Waals surface area contributed by atoms with Crippen LogP contribution < -0.4 is 20.5 Å². The fourth-order valence-corrected chi connectivity index (χ4v) is 3.37. The molecule has 2 aromatic carbocycles. The Hall–Kier alpha value is -2.83. The Bertz CT molecular complexity index is 855. The van der Waals surface area contributed by atoms with Crippen molar-refractivity contribution >= 4 is 22.6 Å². The van der Waals surface area contributed by atoms with E-state index in [-0.39, 0.29) is 18.2 Å². The average molecular weight is 360 g/mol. The standard InChI is InChI=1S/C19H21FN2O4/c1-3-11-14(22-19(24)17(11)20)9-26-15-6-4-5-10-7-13(18(21)23)16(25-2)8-12(10)15/h4-8,11,14,17H,3,9H2,1-2H3,(H2,21,23)(H,22,24)/t11-,14?,17?/m0/s1. The predicted molar refractivity (Wildman–Crippen MR) is 95.1 cm³/mol. The summed E-state index contributed by atoms with van der Waals surface area (Å²) in [6, 6.07) is 8.34. The maximum atomic E-state index is 13.9. The van der Waals surface area contributed by atoms with Crippen LogP contribution in [0.3, 0.4) is 0 Å². The molecule has 1 aliphatic heterocycles.